The predicted octanol–water partition coefficient (Wildman–Crippen LogP) is 2.73. The van der Waals surface area contributed by atoms with Crippen molar-refractivity contribution in [1.82, 2.24) is 9.80 Å². The summed E-state index contributed by atoms with van der Waals surface area (Å²) < 4.78 is 0.854. The van der Waals surface area contributed by atoms with Gasteiger partial charge in [-0.3, -0.25) is 14.5 Å². The number of nitrogens with zero attached hydrogens (tertiary/aromatic N) is 2. The number of carbonyl (C=O) groups excluding carboxylic acids is 2. The standard InChI is InChI=1S/C19H20BrN3O2/c20-16-7-4-8-17(13-16)21-18(24)19(25)23-11-9-22(10-12-23)14-15-5-2-1-3-6-15/h1-8,13H,9-12,14H2,(H,21,24). The van der Waals surface area contributed by atoms with Crippen LogP contribution in [0.1, 0.15) is 5.56 Å². The highest BCUT2D eigenvalue weighted by Crippen LogP contribution is 2.16. The largest absolute Gasteiger partial charge is 0.332 e. The van der Waals surface area contributed by atoms with Crippen LogP contribution in [0.3, 0.4) is 0 Å². The van der Waals surface area contributed by atoms with Gasteiger partial charge in [0.05, 0.1) is 0 Å². The van der Waals surface area contributed by atoms with Crippen LogP contribution in [0.5, 0.6) is 0 Å². The van der Waals surface area contributed by atoms with E-state index in [4.69, 9.17) is 0 Å². The third kappa shape index (κ3) is 4.90. The van der Waals surface area contributed by atoms with E-state index in [0.717, 1.165) is 24.1 Å². The second kappa shape index (κ2) is 8.27. The van der Waals surface area contributed by atoms with Crippen molar-refractivity contribution in [2.24, 2.45) is 0 Å². The van der Waals surface area contributed by atoms with Crippen LogP contribution in [0.4, 0.5) is 5.69 Å². The molecule has 3 rings (SSSR count). The van der Waals surface area contributed by atoms with E-state index in [2.05, 4.69) is 38.3 Å². The zero-order valence-electron chi connectivity index (χ0n) is 13.8. The number of piperazine rings is 1. The van der Waals surface area contributed by atoms with Crippen molar-refractivity contribution in [2.75, 3.05) is 31.5 Å². The van der Waals surface area contributed by atoms with Gasteiger partial charge in [-0.15, -0.1) is 0 Å². The molecule has 2 amide bonds. The minimum Gasteiger partial charge on any atom is -0.332 e. The maximum atomic E-state index is 12.3. The van der Waals surface area contributed by atoms with Gasteiger partial charge in [0.2, 0.25) is 0 Å². The van der Waals surface area contributed by atoms with Gasteiger partial charge in [-0.05, 0) is 23.8 Å². The van der Waals surface area contributed by atoms with Crippen molar-refractivity contribution in [1.29, 1.82) is 0 Å². The van der Waals surface area contributed by atoms with Gasteiger partial charge in [0.1, 0.15) is 0 Å². The Kier molecular flexibility index (Phi) is 5.83. The minimum atomic E-state index is -0.588. The van der Waals surface area contributed by atoms with Crippen LogP contribution in [0, 0.1) is 0 Å². The van der Waals surface area contributed by atoms with Crippen molar-refractivity contribution in [3.63, 3.8) is 0 Å². The highest BCUT2D eigenvalue weighted by molar-refractivity contribution is 9.10. The average Bonchev–Trinajstić information content (AvgIpc) is 2.62. The molecule has 0 bridgehead atoms. The summed E-state index contributed by atoms with van der Waals surface area (Å²) >= 11 is 3.35. The Morgan fingerprint density at radius 2 is 1.68 bits per heavy atom. The number of hydrogen-bond donors (Lipinski definition) is 1. The maximum Gasteiger partial charge on any atom is 0.313 e. The lowest BCUT2D eigenvalue weighted by atomic mass is 10.2. The topological polar surface area (TPSA) is 52.7 Å². The molecule has 6 heteroatoms. The first kappa shape index (κ1) is 17.6. The fraction of sp³-hybridized carbons (Fsp3) is 0.263. The molecule has 1 saturated heterocycles. The molecule has 1 aliphatic heterocycles. The summed E-state index contributed by atoms with van der Waals surface area (Å²) in [7, 11) is 0. The molecule has 0 spiro atoms. The minimum absolute atomic E-state index is 0.473. The smallest absolute Gasteiger partial charge is 0.313 e. The molecular formula is C19H20BrN3O2. The number of amides is 2. The molecule has 1 fully saturated rings. The number of benzene rings is 2. The maximum absolute atomic E-state index is 12.3. The number of carbonyl (C=O) groups is 2. The second-order valence-corrected chi connectivity index (χ2v) is 6.93. The normalized spacial score (nSPS) is 15.0. The van der Waals surface area contributed by atoms with Crippen molar-refractivity contribution < 1.29 is 9.59 Å². The summed E-state index contributed by atoms with van der Waals surface area (Å²) in [5.74, 6) is -1.06. The van der Waals surface area contributed by atoms with Crippen molar-refractivity contribution in [3.8, 4) is 0 Å². The Hall–Kier alpha value is -2.18. The van der Waals surface area contributed by atoms with Crippen LogP contribution in [-0.2, 0) is 16.1 Å². The van der Waals surface area contributed by atoms with Gasteiger partial charge in [-0.25, -0.2) is 0 Å². The van der Waals surface area contributed by atoms with Gasteiger partial charge in [-0.1, -0.05) is 52.3 Å². The first-order valence-corrected chi connectivity index (χ1v) is 9.03. The Bertz CT molecular complexity index is 743. The average molecular weight is 402 g/mol. The molecule has 1 heterocycles. The number of nitrogens with one attached hydrogen (secondary N) is 1. The van der Waals surface area contributed by atoms with Crippen LogP contribution in [0.2, 0.25) is 0 Å². The second-order valence-electron chi connectivity index (χ2n) is 6.02. The van der Waals surface area contributed by atoms with Gasteiger partial charge in [0.25, 0.3) is 0 Å². The first-order valence-electron chi connectivity index (χ1n) is 8.24. The summed E-state index contributed by atoms with van der Waals surface area (Å²) in [6, 6.07) is 17.5. The van der Waals surface area contributed by atoms with Crippen molar-refractivity contribution in [2.45, 2.75) is 6.54 Å². The molecular weight excluding hydrogens is 382 g/mol. The molecule has 1 aliphatic rings. The molecule has 0 unspecified atom stereocenters. The fourth-order valence-corrected chi connectivity index (χ4v) is 3.24. The Morgan fingerprint density at radius 1 is 0.960 bits per heavy atom. The van der Waals surface area contributed by atoms with Crippen LogP contribution in [-0.4, -0.2) is 47.8 Å². The Labute approximate surface area is 155 Å². The van der Waals surface area contributed by atoms with E-state index < -0.39 is 11.8 Å². The van der Waals surface area contributed by atoms with Gasteiger partial charge in [0.15, 0.2) is 0 Å². The zero-order chi connectivity index (χ0) is 17.6. The third-order valence-electron chi connectivity index (χ3n) is 4.19. The fourth-order valence-electron chi connectivity index (χ4n) is 2.85. The quantitative estimate of drug-likeness (QED) is 0.804. The predicted molar refractivity (Wildman–Crippen MR) is 101 cm³/mol. The van der Waals surface area contributed by atoms with E-state index >= 15 is 0 Å². The lowest BCUT2D eigenvalue weighted by molar-refractivity contribution is -0.144. The number of halogens is 1. The number of anilines is 1. The van der Waals surface area contributed by atoms with E-state index in [-0.39, 0.29) is 0 Å². The van der Waals surface area contributed by atoms with Gasteiger partial charge in [0, 0.05) is 42.9 Å². The SMILES string of the molecule is O=C(Nc1cccc(Br)c1)C(=O)N1CCN(Cc2ccccc2)CC1. The monoisotopic (exact) mass is 401 g/mol. The van der Waals surface area contributed by atoms with E-state index in [1.165, 1.54) is 5.56 Å². The van der Waals surface area contributed by atoms with E-state index in [0.29, 0.717) is 18.8 Å². The lowest BCUT2D eigenvalue weighted by Crippen LogP contribution is -2.51. The third-order valence-corrected chi connectivity index (χ3v) is 4.68. The molecule has 130 valence electrons. The highest BCUT2D eigenvalue weighted by atomic mass is 79.9. The molecule has 0 aliphatic carbocycles. The van der Waals surface area contributed by atoms with E-state index in [1.54, 1.807) is 17.0 Å². The molecule has 5 nitrogen and oxygen atoms in total. The first-order chi connectivity index (χ1) is 12.1. The van der Waals surface area contributed by atoms with Crippen molar-refractivity contribution >= 4 is 33.4 Å². The van der Waals surface area contributed by atoms with Gasteiger partial charge < -0.3 is 10.2 Å². The molecule has 25 heavy (non-hydrogen) atoms. The van der Waals surface area contributed by atoms with E-state index in [1.807, 2.05) is 30.3 Å². The molecule has 0 atom stereocenters. The summed E-state index contributed by atoms with van der Waals surface area (Å²) in [6.07, 6.45) is 0. The molecule has 1 N–H and O–H groups in total. The zero-order valence-corrected chi connectivity index (χ0v) is 15.4. The van der Waals surface area contributed by atoms with Crippen LogP contribution >= 0.6 is 15.9 Å². The molecule has 0 aromatic heterocycles. The Morgan fingerprint density at radius 3 is 2.36 bits per heavy atom. The summed E-state index contributed by atoms with van der Waals surface area (Å²) in [4.78, 5) is 28.4. The summed E-state index contributed by atoms with van der Waals surface area (Å²) in [5, 5.41) is 2.66. The van der Waals surface area contributed by atoms with Crippen LogP contribution in [0.25, 0.3) is 0 Å². The molecule has 2 aromatic carbocycles. The van der Waals surface area contributed by atoms with E-state index in [9.17, 15) is 9.59 Å². The summed E-state index contributed by atoms with van der Waals surface area (Å²) in [5.41, 5.74) is 1.87. The molecule has 0 radical (unpaired) electrons. The number of rotatable bonds is 3. The molecule has 0 saturated carbocycles. The Balaban J connectivity index is 1.50. The molecule has 2 aromatic rings. The van der Waals surface area contributed by atoms with Crippen LogP contribution < -0.4 is 5.32 Å². The lowest BCUT2D eigenvalue weighted by Gasteiger charge is -2.34. The van der Waals surface area contributed by atoms with Gasteiger partial charge in [-0.2, -0.15) is 0 Å². The number of hydrogen-bond acceptors (Lipinski definition) is 3. The van der Waals surface area contributed by atoms with Crippen molar-refractivity contribution in [3.05, 3.63) is 64.6 Å². The highest BCUT2D eigenvalue weighted by Gasteiger charge is 2.26. The van der Waals surface area contributed by atoms with Gasteiger partial charge >= 0.3 is 11.8 Å². The van der Waals surface area contributed by atoms with Crippen LogP contribution in [0.15, 0.2) is 59.1 Å². The summed E-state index contributed by atoms with van der Waals surface area (Å²) in [6.45, 7) is 3.54.